The molecule has 0 spiro atoms. The molecule has 1 heterocycles. The number of fused-ring (bicyclic) bond motifs is 1. The van der Waals surface area contributed by atoms with Crippen LogP contribution >= 0.6 is 0 Å². The summed E-state index contributed by atoms with van der Waals surface area (Å²) in [7, 11) is 0. The van der Waals surface area contributed by atoms with Gasteiger partial charge in [-0.1, -0.05) is 12.1 Å². The van der Waals surface area contributed by atoms with E-state index in [2.05, 4.69) is 9.98 Å². The number of hydrogen-bond donors (Lipinski definition) is 2. The van der Waals surface area contributed by atoms with Crippen LogP contribution in [0.4, 0.5) is 22.0 Å². The molecule has 0 amide bonds. The smallest absolute Gasteiger partial charge is 0.395 e. The van der Waals surface area contributed by atoms with Gasteiger partial charge in [0.25, 0.3) is 0 Å². The lowest BCUT2D eigenvalue weighted by Crippen LogP contribution is -2.21. The van der Waals surface area contributed by atoms with Crippen molar-refractivity contribution in [3.63, 3.8) is 0 Å². The number of nitrogens with one attached hydrogen (secondary N) is 1. The van der Waals surface area contributed by atoms with Crippen LogP contribution in [0.25, 0.3) is 22.2 Å². The van der Waals surface area contributed by atoms with E-state index in [0.29, 0.717) is 16.5 Å². The number of alkyl halides is 3. The first-order chi connectivity index (χ1) is 13.2. The zero-order chi connectivity index (χ0) is 20.5. The molecule has 0 saturated carbocycles. The van der Waals surface area contributed by atoms with Crippen molar-refractivity contribution in [3.8, 4) is 11.3 Å². The molecule has 28 heavy (non-hydrogen) atoms. The third kappa shape index (κ3) is 3.90. The van der Waals surface area contributed by atoms with Gasteiger partial charge < -0.3 is 10.7 Å². The van der Waals surface area contributed by atoms with Crippen LogP contribution in [0.1, 0.15) is 12.5 Å². The highest BCUT2D eigenvalue weighted by Crippen LogP contribution is 2.29. The van der Waals surface area contributed by atoms with Crippen LogP contribution in [-0.2, 0) is 0 Å². The Hall–Kier alpha value is -3.16. The Morgan fingerprint density at radius 1 is 1.11 bits per heavy atom. The Balaban J connectivity index is 2.08. The van der Waals surface area contributed by atoms with Crippen LogP contribution in [-0.4, -0.2) is 23.4 Å². The highest BCUT2D eigenvalue weighted by atomic mass is 19.4. The summed E-state index contributed by atoms with van der Waals surface area (Å²) in [5, 5.41) is 0.568. The van der Waals surface area contributed by atoms with Crippen molar-refractivity contribution in [1.29, 1.82) is 0 Å². The Labute approximate surface area is 157 Å². The summed E-state index contributed by atoms with van der Waals surface area (Å²) in [6, 6.07) is 9.84. The van der Waals surface area contributed by atoms with Crippen LogP contribution in [0.5, 0.6) is 0 Å². The zero-order valence-electron chi connectivity index (χ0n) is 14.7. The number of H-pyrrole nitrogens is 1. The van der Waals surface area contributed by atoms with Crippen molar-refractivity contribution in [2.45, 2.75) is 13.1 Å². The SMILES string of the molecule is CCN=C(C=C(N)C(F)(F)F)c1ccc2[nH]c(-c3c(F)cccc3F)cc2c1. The summed E-state index contributed by atoms with van der Waals surface area (Å²) < 4.78 is 66.3. The molecule has 0 fully saturated rings. The highest BCUT2D eigenvalue weighted by Gasteiger charge is 2.31. The Morgan fingerprint density at radius 3 is 2.39 bits per heavy atom. The summed E-state index contributed by atoms with van der Waals surface area (Å²) in [6.07, 6.45) is -3.89. The largest absolute Gasteiger partial charge is 0.430 e. The molecule has 2 aromatic carbocycles. The highest BCUT2D eigenvalue weighted by molar-refractivity contribution is 6.11. The van der Waals surface area contributed by atoms with E-state index in [1.807, 2.05) is 0 Å². The molecule has 3 aromatic rings. The molecule has 0 aliphatic carbocycles. The topological polar surface area (TPSA) is 54.2 Å². The number of aromatic amines is 1. The van der Waals surface area contributed by atoms with Crippen molar-refractivity contribution < 1.29 is 22.0 Å². The maximum atomic E-state index is 14.0. The minimum Gasteiger partial charge on any atom is -0.395 e. The van der Waals surface area contributed by atoms with Gasteiger partial charge in [-0.3, -0.25) is 4.99 Å². The molecule has 0 aliphatic heterocycles. The average molecular weight is 393 g/mol. The second-order valence-electron chi connectivity index (χ2n) is 6.04. The first-order valence-corrected chi connectivity index (χ1v) is 8.37. The number of nitrogens with two attached hydrogens (primary N) is 1. The van der Waals surface area contributed by atoms with Gasteiger partial charge in [-0.05, 0) is 43.3 Å². The van der Waals surface area contributed by atoms with Gasteiger partial charge in [0.2, 0.25) is 0 Å². The van der Waals surface area contributed by atoms with Crippen LogP contribution in [0.15, 0.2) is 59.2 Å². The number of nitrogens with zero attached hydrogens (tertiary/aromatic N) is 1. The quantitative estimate of drug-likeness (QED) is 0.457. The number of hydrogen-bond acceptors (Lipinski definition) is 2. The second kappa shape index (κ2) is 7.46. The third-order valence-electron chi connectivity index (χ3n) is 4.10. The number of benzene rings is 2. The number of allylic oxidation sites excluding steroid dienone is 2. The van der Waals surface area contributed by atoms with E-state index >= 15 is 0 Å². The number of rotatable bonds is 4. The van der Waals surface area contributed by atoms with Crippen LogP contribution in [0.2, 0.25) is 0 Å². The second-order valence-corrected chi connectivity index (χ2v) is 6.04. The van der Waals surface area contributed by atoms with Gasteiger partial charge in [0.15, 0.2) is 0 Å². The maximum absolute atomic E-state index is 14.0. The maximum Gasteiger partial charge on any atom is 0.430 e. The summed E-state index contributed by atoms with van der Waals surface area (Å²) in [6.45, 7) is 1.94. The van der Waals surface area contributed by atoms with E-state index in [4.69, 9.17) is 5.73 Å². The third-order valence-corrected chi connectivity index (χ3v) is 4.10. The fourth-order valence-corrected chi connectivity index (χ4v) is 2.80. The van der Waals surface area contributed by atoms with Gasteiger partial charge in [-0.15, -0.1) is 0 Å². The molecule has 0 radical (unpaired) electrons. The van der Waals surface area contributed by atoms with Gasteiger partial charge in [-0.2, -0.15) is 13.2 Å². The Morgan fingerprint density at radius 2 is 1.79 bits per heavy atom. The van der Waals surface area contributed by atoms with Crippen molar-refractivity contribution in [2.75, 3.05) is 6.54 Å². The standard InChI is InChI=1S/C20H16F5N3/c1-2-27-16(10-18(26)20(23,24)25)11-6-7-15-12(8-11)9-17(28-15)19-13(21)4-3-5-14(19)22/h3-10,28H,2,26H2,1H3. The van der Waals surface area contributed by atoms with E-state index in [-0.39, 0.29) is 23.5 Å². The molecular formula is C20H16F5N3. The number of aliphatic imine (C=N–C) groups is 1. The fraction of sp³-hybridized carbons (Fsp3) is 0.150. The average Bonchev–Trinajstić information content (AvgIpc) is 3.02. The monoisotopic (exact) mass is 393 g/mol. The molecular weight excluding hydrogens is 377 g/mol. The molecule has 0 saturated heterocycles. The van der Waals surface area contributed by atoms with Gasteiger partial charge in [0.1, 0.15) is 17.3 Å². The van der Waals surface area contributed by atoms with Crippen LogP contribution in [0.3, 0.4) is 0 Å². The van der Waals surface area contributed by atoms with Crippen molar-refractivity contribution in [3.05, 3.63) is 71.4 Å². The molecule has 1 aromatic heterocycles. The summed E-state index contributed by atoms with van der Waals surface area (Å²) in [4.78, 5) is 6.99. The molecule has 0 aliphatic rings. The summed E-state index contributed by atoms with van der Waals surface area (Å²) >= 11 is 0. The molecule has 3 nitrogen and oxygen atoms in total. The van der Waals surface area contributed by atoms with Crippen LogP contribution < -0.4 is 5.73 Å². The van der Waals surface area contributed by atoms with E-state index in [1.54, 1.807) is 25.1 Å². The van der Waals surface area contributed by atoms with Crippen molar-refractivity contribution in [1.82, 2.24) is 4.98 Å². The van der Waals surface area contributed by atoms with Gasteiger partial charge >= 0.3 is 6.18 Å². The van der Waals surface area contributed by atoms with E-state index in [9.17, 15) is 22.0 Å². The van der Waals surface area contributed by atoms with Gasteiger partial charge in [-0.25, -0.2) is 8.78 Å². The van der Waals surface area contributed by atoms with Gasteiger partial charge in [0.05, 0.1) is 17.0 Å². The lowest BCUT2D eigenvalue weighted by Gasteiger charge is -2.08. The summed E-state index contributed by atoms with van der Waals surface area (Å²) in [5.41, 5.74) is 4.92. The van der Waals surface area contributed by atoms with Crippen LogP contribution in [0, 0.1) is 11.6 Å². The minimum atomic E-state index is -4.66. The molecule has 8 heteroatoms. The van der Waals surface area contributed by atoms with Crippen molar-refractivity contribution in [2.24, 2.45) is 10.7 Å². The molecule has 0 bridgehead atoms. The first-order valence-electron chi connectivity index (χ1n) is 8.37. The number of halogens is 5. The normalized spacial score (nSPS) is 13.4. The molecule has 3 N–H and O–H groups in total. The molecule has 146 valence electrons. The van der Waals surface area contributed by atoms with E-state index < -0.39 is 23.5 Å². The zero-order valence-corrected chi connectivity index (χ0v) is 14.7. The lowest BCUT2D eigenvalue weighted by molar-refractivity contribution is -0.0925. The van der Waals surface area contributed by atoms with Crippen molar-refractivity contribution >= 4 is 16.6 Å². The van der Waals surface area contributed by atoms with E-state index in [0.717, 1.165) is 18.2 Å². The number of aromatic nitrogens is 1. The minimum absolute atomic E-state index is 0.0686. The predicted molar refractivity (Wildman–Crippen MR) is 99.1 cm³/mol. The Bertz CT molecular complexity index is 1060. The Kier molecular flexibility index (Phi) is 5.22. The first kappa shape index (κ1) is 19.6. The molecule has 0 atom stereocenters. The summed E-state index contributed by atoms with van der Waals surface area (Å²) in [5.74, 6) is -1.44. The fourth-order valence-electron chi connectivity index (χ4n) is 2.80. The lowest BCUT2D eigenvalue weighted by atomic mass is 10.1. The molecule has 3 rings (SSSR count). The van der Waals surface area contributed by atoms with E-state index in [1.165, 1.54) is 12.1 Å². The van der Waals surface area contributed by atoms with Gasteiger partial charge in [0, 0.05) is 23.0 Å². The molecule has 0 unspecified atom stereocenters. The predicted octanol–water partition coefficient (Wildman–Crippen LogP) is 5.33.